The van der Waals surface area contributed by atoms with Crippen LogP contribution < -0.4 is 0 Å². The second-order valence-electron chi connectivity index (χ2n) is 4.64. The number of sulfone groups is 1. The molecule has 22 heavy (non-hydrogen) atoms. The molecule has 1 aromatic carbocycles. The molecule has 3 rings (SSSR count). The number of imidazole rings is 1. The lowest BCUT2D eigenvalue weighted by atomic mass is 10.1. The van der Waals surface area contributed by atoms with Crippen LogP contribution in [0.25, 0.3) is 5.65 Å². The van der Waals surface area contributed by atoms with Crippen molar-refractivity contribution in [1.82, 2.24) is 14.4 Å². The first-order valence-corrected chi connectivity index (χ1v) is 8.90. The SMILES string of the molecule is CS(=O)(=O)c1nccn2c(Br)c(C(=O)c3ccccc3)nc12. The van der Waals surface area contributed by atoms with Crippen molar-refractivity contribution in [3.05, 3.63) is 58.6 Å². The smallest absolute Gasteiger partial charge is 0.214 e. The zero-order chi connectivity index (χ0) is 15.9. The molecule has 112 valence electrons. The summed E-state index contributed by atoms with van der Waals surface area (Å²) in [4.78, 5) is 20.6. The number of halogens is 1. The number of aromatic nitrogens is 3. The molecule has 0 aliphatic rings. The van der Waals surface area contributed by atoms with Gasteiger partial charge >= 0.3 is 0 Å². The molecular formula is C14H10BrN3O3S. The quantitative estimate of drug-likeness (QED) is 0.651. The van der Waals surface area contributed by atoms with Gasteiger partial charge in [0.1, 0.15) is 10.3 Å². The summed E-state index contributed by atoms with van der Waals surface area (Å²) in [6.45, 7) is 0. The molecule has 3 aromatic rings. The summed E-state index contributed by atoms with van der Waals surface area (Å²) in [7, 11) is -3.55. The second-order valence-corrected chi connectivity index (χ2v) is 7.33. The van der Waals surface area contributed by atoms with Crippen LogP contribution in [0, 0.1) is 0 Å². The van der Waals surface area contributed by atoms with Crippen LogP contribution >= 0.6 is 15.9 Å². The highest BCUT2D eigenvalue weighted by molar-refractivity contribution is 9.10. The van der Waals surface area contributed by atoms with E-state index in [0.717, 1.165) is 6.26 Å². The summed E-state index contributed by atoms with van der Waals surface area (Å²) in [6.07, 6.45) is 3.95. The van der Waals surface area contributed by atoms with Gasteiger partial charge in [-0.25, -0.2) is 18.4 Å². The molecule has 0 saturated heterocycles. The van der Waals surface area contributed by atoms with Crippen LogP contribution in [-0.2, 0) is 9.84 Å². The molecule has 8 heteroatoms. The van der Waals surface area contributed by atoms with Gasteiger partial charge in [0.15, 0.2) is 20.5 Å². The number of fused-ring (bicyclic) bond motifs is 1. The average Bonchev–Trinajstić information content (AvgIpc) is 2.84. The van der Waals surface area contributed by atoms with Crippen LogP contribution in [0.1, 0.15) is 16.1 Å². The summed E-state index contributed by atoms with van der Waals surface area (Å²) in [5.41, 5.74) is 0.737. The maximum Gasteiger partial charge on any atom is 0.214 e. The maximum atomic E-state index is 12.5. The molecule has 0 spiro atoms. The van der Waals surface area contributed by atoms with Crippen LogP contribution in [0.15, 0.2) is 52.4 Å². The molecule has 0 fully saturated rings. The number of carbonyl (C=O) groups excluding carboxylic acids is 1. The van der Waals surface area contributed by atoms with Gasteiger partial charge in [0, 0.05) is 24.2 Å². The van der Waals surface area contributed by atoms with Crippen molar-refractivity contribution in [3.63, 3.8) is 0 Å². The Kier molecular flexibility index (Phi) is 3.57. The molecule has 2 aromatic heterocycles. The molecule has 0 aliphatic heterocycles. The highest BCUT2D eigenvalue weighted by Gasteiger charge is 2.23. The Labute approximate surface area is 134 Å². The number of rotatable bonds is 3. The van der Waals surface area contributed by atoms with Gasteiger partial charge in [-0.05, 0) is 15.9 Å². The molecule has 0 N–H and O–H groups in total. The molecular weight excluding hydrogens is 370 g/mol. The fraction of sp³-hybridized carbons (Fsp3) is 0.0714. The Hall–Kier alpha value is -2.06. The Morgan fingerprint density at radius 1 is 1.23 bits per heavy atom. The van der Waals surface area contributed by atoms with E-state index in [9.17, 15) is 13.2 Å². The topological polar surface area (TPSA) is 81.4 Å². The number of hydrogen-bond acceptors (Lipinski definition) is 5. The van der Waals surface area contributed by atoms with Gasteiger partial charge in [0.2, 0.25) is 5.78 Å². The van der Waals surface area contributed by atoms with E-state index in [2.05, 4.69) is 25.9 Å². The predicted molar refractivity (Wildman–Crippen MR) is 83.7 cm³/mol. The third-order valence-electron chi connectivity index (χ3n) is 3.05. The van der Waals surface area contributed by atoms with Gasteiger partial charge < -0.3 is 0 Å². The van der Waals surface area contributed by atoms with Gasteiger partial charge in [-0.1, -0.05) is 30.3 Å². The Balaban J connectivity index is 2.25. The molecule has 2 heterocycles. The van der Waals surface area contributed by atoms with Crippen molar-refractivity contribution in [1.29, 1.82) is 0 Å². The fourth-order valence-electron chi connectivity index (χ4n) is 2.06. The van der Waals surface area contributed by atoms with Crippen molar-refractivity contribution in [2.45, 2.75) is 5.03 Å². The largest absolute Gasteiger partial charge is 0.290 e. The van der Waals surface area contributed by atoms with E-state index >= 15 is 0 Å². The first kappa shape index (κ1) is 14.9. The van der Waals surface area contributed by atoms with E-state index < -0.39 is 9.84 Å². The monoisotopic (exact) mass is 379 g/mol. The fourth-order valence-corrected chi connectivity index (χ4v) is 3.34. The highest BCUT2D eigenvalue weighted by Crippen LogP contribution is 2.24. The average molecular weight is 380 g/mol. The lowest BCUT2D eigenvalue weighted by molar-refractivity contribution is 0.103. The predicted octanol–water partition coefficient (Wildman–Crippen LogP) is 2.13. The van der Waals surface area contributed by atoms with Crippen LogP contribution in [0.5, 0.6) is 0 Å². The minimum absolute atomic E-state index is 0.121. The summed E-state index contributed by atoms with van der Waals surface area (Å²) in [6, 6.07) is 8.66. The molecule has 6 nitrogen and oxygen atoms in total. The van der Waals surface area contributed by atoms with E-state index in [-0.39, 0.29) is 22.2 Å². The van der Waals surface area contributed by atoms with E-state index in [1.54, 1.807) is 36.5 Å². The van der Waals surface area contributed by atoms with Crippen molar-refractivity contribution >= 4 is 37.2 Å². The van der Waals surface area contributed by atoms with Crippen molar-refractivity contribution in [3.8, 4) is 0 Å². The molecule has 0 saturated carbocycles. The lowest BCUT2D eigenvalue weighted by Crippen LogP contribution is -2.04. The third-order valence-corrected chi connectivity index (χ3v) is 4.80. The van der Waals surface area contributed by atoms with Crippen molar-refractivity contribution < 1.29 is 13.2 Å². The van der Waals surface area contributed by atoms with Gasteiger partial charge in [-0.2, -0.15) is 0 Å². The first-order valence-electron chi connectivity index (χ1n) is 6.22. The molecule has 0 amide bonds. The maximum absolute atomic E-state index is 12.5. The van der Waals surface area contributed by atoms with Crippen LogP contribution in [0.4, 0.5) is 0 Å². The zero-order valence-electron chi connectivity index (χ0n) is 11.4. The highest BCUT2D eigenvalue weighted by atomic mass is 79.9. The minimum atomic E-state index is -3.55. The molecule has 0 aliphatic carbocycles. The van der Waals surface area contributed by atoms with Gasteiger partial charge in [0.05, 0.1) is 0 Å². The summed E-state index contributed by atoms with van der Waals surface area (Å²) in [5.74, 6) is -0.296. The van der Waals surface area contributed by atoms with Crippen molar-refractivity contribution in [2.75, 3.05) is 6.26 Å². The van der Waals surface area contributed by atoms with Gasteiger partial charge in [0.25, 0.3) is 0 Å². The molecule has 0 unspecified atom stereocenters. The van der Waals surface area contributed by atoms with Crippen molar-refractivity contribution in [2.24, 2.45) is 0 Å². The number of hydrogen-bond donors (Lipinski definition) is 0. The summed E-state index contributed by atoms with van der Waals surface area (Å²) < 4.78 is 25.5. The zero-order valence-corrected chi connectivity index (χ0v) is 13.8. The first-order chi connectivity index (χ1) is 10.4. The molecule has 0 radical (unpaired) electrons. The number of benzene rings is 1. The number of nitrogens with zero attached hydrogens (tertiary/aromatic N) is 3. The number of ketones is 1. The van der Waals surface area contributed by atoms with E-state index in [0.29, 0.717) is 10.2 Å². The van der Waals surface area contributed by atoms with Gasteiger partial charge in [-0.15, -0.1) is 0 Å². The van der Waals surface area contributed by atoms with E-state index in [4.69, 9.17) is 0 Å². The summed E-state index contributed by atoms with van der Waals surface area (Å²) >= 11 is 3.31. The Morgan fingerprint density at radius 3 is 2.55 bits per heavy atom. The van der Waals surface area contributed by atoms with Crippen LogP contribution in [0.3, 0.4) is 0 Å². The Bertz CT molecular complexity index is 981. The van der Waals surface area contributed by atoms with Crippen LogP contribution in [-0.4, -0.2) is 34.8 Å². The second kappa shape index (κ2) is 5.29. The van der Waals surface area contributed by atoms with E-state index in [1.165, 1.54) is 10.6 Å². The van der Waals surface area contributed by atoms with Gasteiger partial charge in [-0.3, -0.25) is 9.20 Å². The number of carbonyl (C=O) groups is 1. The van der Waals surface area contributed by atoms with E-state index in [1.807, 2.05) is 0 Å². The Morgan fingerprint density at radius 2 is 1.91 bits per heavy atom. The normalized spacial score (nSPS) is 11.7. The molecule has 0 bridgehead atoms. The standard InChI is InChI=1S/C14H10BrN3O3S/c1-22(20,21)14-13-17-10(12(15)18(13)8-7-16-14)11(19)9-5-3-2-4-6-9/h2-8H,1H3. The molecule has 0 atom stereocenters. The van der Waals surface area contributed by atoms with Crippen LogP contribution in [0.2, 0.25) is 0 Å². The minimum Gasteiger partial charge on any atom is -0.290 e. The third kappa shape index (κ3) is 2.44. The summed E-state index contributed by atoms with van der Waals surface area (Å²) in [5, 5.41) is -0.164. The lowest BCUT2D eigenvalue weighted by Gasteiger charge is -1.99.